The van der Waals surface area contributed by atoms with Crippen LogP contribution in [0.5, 0.6) is 0 Å². The molecule has 0 spiro atoms. The minimum absolute atomic E-state index is 0.0735. The summed E-state index contributed by atoms with van der Waals surface area (Å²) in [5, 5.41) is 11.1. The van der Waals surface area contributed by atoms with Crippen molar-refractivity contribution >= 4 is 21.9 Å². The minimum atomic E-state index is -3.81. The Labute approximate surface area is 134 Å². The zero-order valence-electron chi connectivity index (χ0n) is 12.8. The first-order valence-corrected chi connectivity index (χ1v) is 8.63. The molecule has 128 valence electrons. The zero-order valence-corrected chi connectivity index (χ0v) is 13.6. The highest BCUT2D eigenvalue weighted by Gasteiger charge is 2.28. The Morgan fingerprint density at radius 3 is 2.57 bits per heavy atom. The van der Waals surface area contributed by atoms with Gasteiger partial charge in [0.1, 0.15) is 6.04 Å². The first kappa shape index (κ1) is 18.8. The van der Waals surface area contributed by atoms with E-state index in [0.717, 1.165) is 0 Å². The van der Waals surface area contributed by atoms with E-state index < -0.39 is 39.4 Å². The summed E-state index contributed by atoms with van der Waals surface area (Å²) in [6.45, 7) is 3.73. The molecule has 0 radical (unpaired) electrons. The molecule has 0 aliphatic heterocycles. The first-order chi connectivity index (χ1) is 10.7. The molecule has 0 aliphatic rings. The molecule has 1 unspecified atom stereocenters. The molecule has 10 heteroatoms. The summed E-state index contributed by atoms with van der Waals surface area (Å²) < 4.78 is 28.9. The van der Waals surface area contributed by atoms with Crippen LogP contribution in [0.25, 0.3) is 0 Å². The number of carboxylic acids is 1. The van der Waals surface area contributed by atoms with Crippen molar-refractivity contribution in [1.29, 1.82) is 0 Å². The van der Waals surface area contributed by atoms with Crippen LogP contribution < -0.4 is 5.32 Å². The first-order valence-electron chi connectivity index (χ1n) is 6.81. The molecule has 0 aromatic carbocycles. The van der Waals surface area contributed by atoms with Crippen molar-refractivity contribution in [2.24, 2.45) is 5.92 Å². The normalized spacial score (nSPS) is 12.7. The third-order valence-electron chi connectivity index (χ3n) is 2.54. The summed E-state index contributed by atoms with van der Waals surface area (Å²) in [7, 11) is -3.81. The zero-order chi connectivity index (χ0) is 17.5. The van der Waals surface area contributed by atoms with Gasteiger partial charge in [0.05, 0.1) is 23.8 Å². The summed E-state index contributed by atoms with van der Waals surface area (Å²) in [6, 6.07) is -1.60. The van der Waals surface area contributed by atoms with Gasteiger partial charge in [-0.2, -0.15) is 0 Å². The maximum absolute atomic E-state index is 12.0. The predicted molar refractivity (Wildman–Crippen MR) is 80.3 cm³/mol. The average molecular weight is 345 g/mol. The second-order valence-electron chi connectivity index (χ2n) is 5.28. The fourth-order valence-corrected chi connectivity index (χ4v) is 2.99. The summed E-state index contributed by atoms with van der Waals surface area (Å²) in [5.74, 6) is -2.62. The Kier molecular flexibility index (Phi) is 6.89. The lowest BCUT2D eigenvalue weighted by Gasteiger charge is -2.15. The number of alkyl carbamates (subject to hydrolysis) is 1. The van der Waals surface area contributed by atoms with Crippen molar-refractivity contribution < 1.29 is 27.9 Å². The summed E-state index contributed by atoms with van der Waals surface area (Å²) in [5.41, 5.74) is 0.194. The van der Waals surface area contributed by atoms with Gasteiger partial charge in [0.2, 0.25) is 0 Å². The molecule has 1 aromatic heterocycles. The van der Waals surface area contributed by atoms with E-state index in [1.54, 1.807) is 0 Å². The van der Waals surface area contributed by atoms with Crippen LogP contribution in [0, 0.1) is 5.92 Å². The molecule has 0 bridgehead atoms. The Bertz CT molecular complexity index is 632. The Morgan fingerprint density at radius 2 is 2.04 bits per heavy atom. The van der Waals surface area contributed by atoms with E-state index in [9.17, 15) is 18.0 Å². The minimum Gasteiger partial charge on any atom is -0.480 e. The van der Waals surface area contributed by atoms with E-state index in [2.05, 4.69) is 9.97 Å². The van der Waals surface area contributed by atoms with Gasteiger partial charge < -0.3 is 15.2 Å². The van der Waals surface area contributed by atoms with Crippen molar-refractivity contribution in [3.8, 4) is 0 Å². The number of sulfone groups is 1. The smallest absolute Gasteiger partial charge is 0.407 e. The molecule has 1 amide bonds. The van der Waals surface area contributed by atoms with Gasteiger partial charge in [0, 0.05) is 18.6 Å². The number of hydrogen-bond donors (Lipinski definition) is 2. The van der Waals surface area contributed by atoms with E-state index in [-0.39, 0.29) is 18.2 Å². The SMILES string of the molecule is CC(C)COC(=O)NC(CS(=O)(=O)Cc1cnccn1)C(=O)O. The van der Waals surface area contributed by atoms with Crippen molar-refractivity contribution in [3.63, 3.8) is 0 Å². The van der Waals surface area contributed by atoms with Crippen LogP contribution >= 0.6 is 0 Å². The van der Waals surface area contributed by atoms with E-state index >= 15 is 0 Å². The number of rotatable bonds is 8. The fraction of sp³-hybridized carbons (Fsp3) is 0.538. The standard InChI is InChI=1S/C13H19N3O6S/c1-9(2)6-22-13(19)16-11(12(17)18)8-23(20,21)7-10-5-14-3-4-15-10/h3-5,9,11H,6-8H2,1-2H3,(H,16,19)(H,17,18). The van der Waals surface area contributed by atoms with E-state index in [1.165, 1.54) is 18.6 Å². The quantitative estimate of drug-likeness (QED) is 0.683. The lowest BCUT2D eigenvalue weighted by Crippen LogP contribution is -2.46. The van der Waals surface area contributed by atoms with Gasteiger partial charge in [0.15, 0.2) is 9.84 Å². The van der Waals surface area contributed by atoms with Crippen molar-refractivity contribution in [2.75, 3.05) is 12.4 Å². The number of aromatic nitrogens is 2. The molecule has 9 nitrogen and oxygen atoms in total. The van der Waals surface area contributed by atoms with Gasteiger partial charge in [-0.25, -0.2) is 18.0 Å². The van der Waals surface area contributed by atoms with Crippen LogP contribution in [0.2, 0.25) is 0 Å². The predicted octanol–water partition coefficient (Wildman–Crippen LogP) is 0.227. The molecular formula is C13H19N3O6S. The molecule has 1 atom stereocenters. The summed E-state index contributed by atoms with van der Waals surface area (Å²) in [4.78, 5) is 30.2. The second kappa shape index (κ2) is 8.42. The van der Waals surface area contributed by atoms with Crippen LogP contribution in [0.1, 0.15) is 19.5 Å². The highest BCUT2D eigenvalue weighted by atomic mass is 32.2. The van der Waals surface area contributed by atoms with Crippen molar-refractivity contribution in [1.82, 2.24) is 15.3 Å². The van der Waals surface area contributed by atoms with Crippen LogP contribution in [-0.4, -0.2) is 54.0 Å². The Morgan fingerprint density at radius 1 is 1.35 bits per heavy atom. The molecule has 1 aromatic rings. The van der Waals surface area contributed by atoms with Gasteiger partial charge in [0.25, 0.3) is 0 Å². The monoisotopic (exact) mass is 345 g/mol. The molecule has 0 fully saturated rings. The number of carboxylic acid groups (broad SMARTS) is 1. The molecule has 23 heavy (non-hydrogen) atoms. The second-order valence-corrected chi connectivity index (χ2v) is 7.39. The molecule has 0 saturated heterocycles. The molecule has 1 rings (SSSR count). The number of carbonyl (C=O) groups is 2. The van der Waals surface area contributed by atoms with Crippen LogP contribution in [0.4, 0.5) is 4.79 Å². The summed E-state index contributed by atoms with van der Waals surface area (Å²) in [6.07, 6.45) is 3.03. The van der Waals surface area contributed by atoms with Gasteiger partial charge in [-0.3, -0.25) is 9.97 Å². The summed E-state index contributed by atoms with van der Waals surface area (Å²) >= 11 is 0. The largest absolute Gasteiger partial charge is 0.480 e. The maximum atomic E-state index is 12.0. The number of hydrogen-bond acceptors (Lipinski definition) is 7. The number of aliphatic carboxylic acids is 1. The molecular weight excluding hydrogens is 326 g/mol. The fourth-order valence-electron chi connectivity index (χ4n) is 1.54. The van der Waals surface area contributed by atoms with E-state index in [1.807, 2.05) is 19.2 Å². The van der Waals surface area contributed by atoms with Crippen LogP contribution in [-0.2, 0) is 25.1 Å². The van der Waals surface area contributed by atoms with Gasteiger partial charge in [-0.1, -0.05) is 13.8 Å². The number of nitrogens with zero attached hydrogens (tertiary/aromatic N) is 2. The number of amides is 1. The van der Waals surface area contributed by atoms with E-state index in [4.69, 9.17) is 9.84 Å². The maximum Gasteiger partial charge on any atom is 0.407 e. The Balaban J connectivity index is 2.67. The third-order valence-corrected chi connectivity index (χ3v) is 4.12. The van der Waals surface area contributed by atoms with Crippen LogP contribution in [0.15, 0.2) is 18.6 Å². The van der Waals surface area contributed by atoms with Crippen molar-refractivity contribution in [3.05, 3.63) is 24.3 Å². The molecule has 0 aliphatic carbocycles. The number of ether oxygens (including phenoxy) is 1. The molecule has 1 heterocycles. The lowest BCUT2D eigenvalue weighted by atomic mass is 10.2. The lowest BCUT2D eigenvalue weighted by molar-refractivity contribution is -0.138. The highest BCUT2D eigenvalue weighted by Crippen LogP contribution is 2.05. The van der Waals surface area contributed by atoms with E-state index in [0.29, 0.717) is 0 Å². The number of carbonyl (C=O) groups excluding carboxylic acids is 1. The van der Waals surface area contributed by atoms with Gasteiger partial charge >= 0.3 is 12.1 Å². The average Bonchev–Trinajstić information content (AvgIpc) is 2.44. The van der Waals surface area contributed by atoms with Crippen molar-refractivity contribution in [2.45, 2.75) is 25.6 Å². The third kappa shape index (κ3) is 7.54. The molecule has 0 saturated carbocycles. The van der Waals surface area contributed by atoms with Gasteiger partial charge in [-0.15, -0.1) is 0 Å². The highest BCUT2D eigenvalue weighted by molar-refractivity contribution is 7.90. The number of nitrogens with one attached hydrogen (secondary N) is 1. The van der Waals surface area contributed by atoms with Gasteiger partial charge in [-0.05, 0) is 5.92 Å². The van der Waals surface area contributed by atoms with Crippen LogP contribution in [0.3, 0.4) is 0 Å². The Hall–Kier alpha value is -2.23. The topological polar surface area (TPSA) is 136 Å². The molecule has 2 N–H and O–H groups in total.